The molecule has 4 rings (SSSR count). The second-order valence-corrected chi connectivity index (χ2v) is 7.10. The number of benzene rings is 1. The van der Waals surface area contributed by atoms with Gasteiger partial charge in [0.2, 0.25) is 5.82 Å². The second kappa shape index (κ2) is 11.0. The minimum absolute atomic E-state index is 0. The molecule has 9 heteroatoms. The fourth-order valence-electron chi connectivity index (χ4n) is 3.58. The van der Waals surface area contributed by atoms with Gasteiger partial charge < -0.3 is 20.0 Å². The normalized spacial score (nSPS) is 16.8. The quantitative estimate of drug-likeness (QED) is 0.262. The number of H-pyrrole nitrogens is 1. The highest BCUT2D eigenvalue weighted by Crippen LogP contribution is 2.19. The molecule has 0 aliphatic carbocycles. The summed E-state index contributed by atoms with van der Waals surface area (Å²) in [5.41, 5.74) is 1.28. The first kappa shape index (κ1) is 22.1. The van der Waals surface area contributed by atoms with Crippen molar-refractivity contribution in [1.82, 2.24) is 25.8 Å². The zero-order chi connectivity index (χ0) is 19.9. The van der Waals surface area contributed by atoms with E-state index in [1.807, 2.05) is 12.1 Å². The number of aromatic nitrogens is 3. The van der Waals surface area contributed by atoms with E-state index >= 15 is 0 Å². The third-order valence-electron chi connectivity index (χ3n) is 5.03. The number of halogens is 1. The van der Waals surface area contributed by atoms with Crippen molar-refractivity contribution < 1.29 is 4.42 Å². The van der Waals surface area contributed by atoms with Gasteiger partial charge in [-0.2, -0.15) is 5.10 Å². The highest BCUT2D eigenvalue weighted by Gasteiger charge is 2.20. The van der Waals surface area contributed by atoms with Gasteiger partial charge in [-0.1, -0.05) is 18.2 Å². The molecule has 1 atom stereocenters. The maximum atomic E-state index is 5.32. The number of aromatic amines is 1. The molecule has 1 aromatic carbocycles. The van der Waals surface area contributed by atoms with Crippen LogP contribution in [0.3, 0.4) is 0 Å². The fraction of sp³-hybridized carbons (Fsp3) is 0.381. The monoisotopic (exact) mass is 521 g/mol. The molecular weight excluding hydrogens is 493 g/mol. The van der Waals surface area contributed by atoms with Crippen LogP contribution in [0.4, 0.5) is 5.69 Å². The summed E-state index contributed by atoms with van der Waals surface area (Å²) in [5, 5.41) is 14.1. The number of nitrogens with zero attached hydrogens (tertiary/aromatic N) is 4. The molecule has 1 saturated heterocycles. The van der Waals surface area contributed by atoms with Crippen molar-refractivity contribution in [3.8, 4) is 11.6 Å². The molecule has 1 unspecified atom stereocenters. The Balaban J connectivity index is 0.00000256. The molecule has 30 heavy (non-hydrogen) atoms. The first-order valence-corrected chi connectivity index (χ1v) is 10.0. The number of hydrogen-bond acceptors (Lipinski definition) is 5. The Bertz CT molecular complexity index is 911. The number of guanidine groups is 1. The maximum absolute atomic E-state index is 5.32. The van der Waals surface area contributed by atoms with Crippen molar-refractivity contribution in [2.45, 2.75) is 25.3 Å². The highest BCUT2D eigenvalue weighted by molar-refractivity contribution is 14.0. The lowest BCUT2D eigenvalue weighted by Crippen LogP contribution is -2.51. The lowest BCUT2D eigenvalue weighted by molar-refractivity contribution is 0.468. The van der Waals surface area contributed by atoms with Gasteiger partial charge in [0.05, 0.1) is 6.26 Å². The number of hydrogen-bond donors (Lipinski definition) is 3. The molecule has 0 saturated carbocycles. The molecule has 3 N–H and O–H groups in total. The first-order valence-electron chi connectivity index (χ1n) is 10.0. The van der Waals surface area contributed by atoms with E-state index in [4.69, 9.17) is 4.42 Å². The van der Waals surface area contributed by atoms with Crippen LogP contribution in [0.25, 0.3) is 11.6 Å². The largest absolute Gasteiger partial charge is 0.461 e. The van der Waals surface area contributed by atoms with Crippen molar-refractivity contribution >= 4 is 35.6 Å². The summed E-state index contributed by atoms with van der Waals surface area (Å²) in [4.78, 5) is 11.3. The minimum atomic E-state index is 0. The smallest absolute Gasteiger partial charge is 0.216 e. The Labute approximate surface area is 193 Å². The van der Waals surface area contributed by atoms with Gasteiger partial charge in [-0.3, -0.25) is 10.1 Å². The van der Waals surface area contributed by atoms with E-state index < -0.39 is 0 Å². The van der Waals surface area contributed by atoms with Crippen molar-refractivity contribution in [2.24, 2.45) is 4.99 Å². The van der Waals surface area contributed by atoms with Crippen molar-refractivity contribution in [1.29, 1.82) is 0 Å². The van der Waals surface area contributed by atoms with Gasteiger partial charge >= 0.3 is 0 Å². The van der Waals surface area contributed by atoms with Crippen LogP contribution in [0.1, 0.15) is 18.7 Å². The topological polar surface area (TPSA) is 94.4 Å². The zero-order valence-corrected chi connectivity index (χ0v) is 19.4. The van der Waals surface area contributed by atoms with Gasteiger partial charge in [-0.05, 0) is 37.1 Å². The molecule has 0 radical (unpaired) electrons. The lowest BCUT2D eigenvalue weighted by atomic mass is 10.1. The molecule has 3 aromatic rings. The Kier molecular flexibility index (Phi) is 8.12. The Morgan fingerprint density at radius 2 is 2.13 bits per heavy atom. The molecule has 160 valence electrons. The van der Waals surface area contributed by atoms with Crippen molar-refractivity contribution in [3.05, 3.63) is 54.6 Å². The predicted molar refractivity (Wildman–Crippen MR) is 129 cm³/mol. The van der Waals surface area contributed by atoms with Gasteiger partial charge in [0.25, 0.3) is 0 Å². The number of rotatable bonds is 6. The van der Waals surface area contributed by atoms with Crippen molar-refractivity contribution in [2.75, 3.05) is 31.6 Å². The van der Waals surface area contributed by atoms with Crippen LogP contribution >= 0.6 is 24.0 Å². The second-order valence-electron chi connectivity index (χ2n) is 7.10. The Morgan fingerprint density at radius 1 is 1.27 bits per heavy atom. The molecule has 0 spiro atoms. The summed E-state index contributed by atoms with van der Waals surface area (Å²) >= 11 is 0. The predicted octanol–water partition coefficient (Wildman–Crippen LogP) is 3.06. The van der Waals surface area contributed by atoms with Crippen LogP contribution in [0, 0.1) is 0 Å². The molecule has 1 fully saturated rings. The van der Waals surface area contributed by atoms with E-state index in [9.17, 15) is 0 Å². The van der Waals surface area contributed by atoms with E-state index in [0.29, 0.717) is 24.2 Å². The molecule has 3 heterocycles. The highest BCUT2D eigenvalue weighted by atomic mass is 127. The van der Waals surface area contributed by atoms with Crippen LogP contribution in [-0.2, 0) is 6.42 Å². The first-order chi connectivity index (χ1) is 14.3. The summed E-state index contributed by atoms with van der Waals surface area (Å²) in [7, 11) is 1.80. The van der Waals surface area contributed by atoms with E-state index in [-0.39, 0.29) is 24.0 Å². The van der Waals surface area contributed by atoms with Gasteiger partial charge in [-0.25, -0.2) is 4.98 Å². The van der Waals surface area contributed by atoms with Crippen LogP contribution in [-0.4, -0.2) is 53.9 Å². The lowest BCUT2D eigenvalue weighted by Gasteiger charge is -2.35. The third-order valence-corrected chi connectivity index (χ3v) is 5.03. The number of anilines is 1. The number of nitrogens with one attached hydrogen (secondary N) is 3. The van der Waals surface area contributed by atoms with Gasteiger partial charge in [0.1, 0.15) is 5.82 Å². The third kappa shape index (κ3) is 5.74. The van der Waals surface area contributed by atoms with E-state index in [2.05, 4.69) is 66.0 Å². The SMILES string of the molecule is CN=C(NCCc1nc(-c2ccco2)n[nH]1)NC1CCCN(c2ccccc2)C1.I. The Morgan fingerprint density at radius 3 is 2.90 bits per heavy atom. The zero-order valence-electron chi connectivity index (χ0n) is 17.0. The van der Waals surface area contributed by atoms with Gasteiger partial charge in [-0.15, -0.1) is 24.0 Å². The number of furan rings is 1. The molecule has 1 aliphatic rings. The summed E-state index contributed by atoms with van der Waals surface area (Å²) in [6.45, 7) is 2.78. The average Bonchev–Trinajstić information content (AvgIpc) is 3.46. The molecule has 1 aliphatic heterocycles. The van der Waals surface area contributed by atoms with Crippen LogP contribution in [0.5, 0.6) is 0 Å². The van der Waals surface area contributed by atoms with E-state index in [1.165, 1.54) is 5.69 Å². The van der Waals surface area contributed by atoms with Crippen LogP contribution in [0.15, 0.2) is 58.1 Å². The Hall–Kier alpha value is -2.56. The molecule has 8 nitrogen and oxygen atoms in total. The summed E-state index contributed by atoms with van der Waals surface area (Å²) < 4.78 is 5.32. The van der Waals surface area contributed by atoms with E-state index in [0.717, 1.165) is 44.1 Å². The standard InChI is InChI=1S/C21H27N7O.HI/c1-22-21(23-12-11-19-25-20(27-26-19)18-10-6-14-29-18)24-16-7-5-13-28(15-16)17-8-3-2-4-9-17;/h2-4,6,8-10,14,16H,5,7,11-13,15H2,1H3,(H2,22,23,24)(H,25,26,27);1H. The van der Waals surface area contributed by atoms with Crippen LogP contribution < -0.4 is 15.5 Å². The molecule has 0 amide bonds. The molecular formula is C21H28IN7O. The van der Waals surface area contributed by atoms with Crippen molar-refractivity contribution in [3.63, 3.8) is 0 Å². The number of para-hydroxylation sites is 1. The summed E-state index contributed by atoms with van der Waals surface area (Å²) in [5.74, 6) is 2.87. The molecule has 2 aromatic heterocycles. The van der Waals surface area contributed by atoms with Crippen LogP contribution in [0.2, 0.25) is 0 Å². The number of aliphatic imine (C=N–C) groups is 1. The minimum Gasteiger partial charge on any atom is -0.461 e. The number of piperidine rings is 1. The summed E-state index contributed by atoms with van der Waals surface area (Å²) in [6.07, 6.45) is 4.64. The van der Waals surface area contributed by atoms with Gasteiger partial charge in [0, 0.05) is 44.8 Å². The molecule has 0 bridgehead atoms. The van der Waals surface area contributed by atoms with E-state index in [1.54, 1.807) is 13.3 Å². The van der Waals surface area contributed by atoms with Gasteiger partial charge in [0.15, 0.2) is 11.7 Å². The average molecular weight is 521 g/mol. The fourth-order valence-corrected chi connectivity index (χ4v) is 3.58. The maximum Gasteiger partial charge on any atom is 0.216 e. The summed E-state index contributed by atoms with van der Waals surface area (Å²) in [6, 6.07) is 14.6.